The van der Waals surface area contributed by atoms with Gasteiger partial charge in [-0.1, -0.05) is 17.7 Å². The molecule has 0 aliphatic heterocycles. The molecule has 0 heterocycles. The molecule has 3 nitrogen and oxygen atoms in total. The third-order valence-corrected chi connectivity index (χ3v) is 2.37. The molecule has 1 aliphatic rings. The van der Waals surface area contributed by atoms with Gasteiger partial charge in [-0.05, 0) is 24.5 Å². The number of rotatable bonds is 2. The van der Waals surface area contributed by atoms with Gasteiger partial charge >= 0.3 is 0 Å². The first kappa shape index (κ1) is 8.51. The fraction of sp³-hybridized carbons (Fsp3) is 0.222. The van der Waals surface area contributed by atoms with Gasteiger partial charge in [0.25, 0.3) is 5.69 Å². The maximum Gasteiger partial charge on any atom is 0.288 e. The van der Waals surface area contributed by atoms with Crippen molar-refractivity contribution in [2.75, 3.05) is 0 Å². The maximum atomic E-state index is 10.5. The van der Waals surface area contributed by atoms with E-state index in [2.05, 4.69) is 0 Å². The Morgan fingerprint density at radius 2 is 2.08 bits per heavy atom. The monoisotopic (exact) mass is 196 g/mol. The molecule has 13 heavy (non-hydrogen) atoms. The normalized spacial score (nSPS) is 15.8. The van der Waals surface area contributed by atoms with Crippen LogP contribution in [-0.2, 0) is 0 Å². The lowest BCUT2D eigenvalue weighted by Crippen LogP contribution is -1.90. The third-order valence-electron chi connectivity index (χ3n) is 2.05. The molecule has 0 N–H and O–H groups in total. The lowest BCUT2D eigenvalue weighted by Gasteiger charge is -1.98. The fourth-order valence-corrected chi connectivity index (χ4v) is 1.41. The highest BCUT2D eigenvalue weighted by Gasteiger charge is 2.26. The van der Waals surface area contributed by atoms with Crippen LogP contribution in [0.4, 0.5) is 5.69 Å². The summed E-state index contributed by atoms with van der Waals surface area (Å²) >= 11 is 5.67. The number of halogens is 1. The van der Waals surface area contributed by atoms with Crippen LogP contribution in [0.3, 0.4) is 0 Å². The van der Waals surface area contributed by atoms with E-state index < -0.39 is 4.92 Å². The summed E-state index contributed by atoms with van der Waals surface area (Å²) in [5.74, 6) is 1.28. The Labute approximate surface area is 80.5 Å². The van der Waals surface area contributed by atoms with Gasteiger partial charge in [-0.25, -0.2) is 0 Å². The van der Waals surface area contributed by atoms with Crippen LogP contribution in [0.1, 0.15) is 18.4 Å². The highest BCUT2D eigenvalue weighted by atomic mass is 35.5. The van der Waals surface area contributed by atoms with E-state index in [-0.39, 0.29) is 10.7 Å². The number of benzene rings is 1. The molecule has 1 saturated carbocycles. The van der Waals surface area contributed by atoms with Crippen LogP contribution < -0.4 is 0 Å². The van der Waals surface area contributed by atoms with Crippen LogP contribution in [0.25, 0.3) is 0 Å². The first-order valence-corrected chi connectivity index (χ1v) is 4.35. The predicted octanol–water partition coefficient (Wildman–Crippen LogP) is 2.96. The lowest BCUT2D eigenvalue weighted by molar-refractivity contribution is -0.384. The molecule has 1 aromatic rings. The van der Waals surface area contributed by atoms with E-state index in [1.165, 1.54) is 5.92 Å². The standard InChI is InChI=1S/C9H7ClNO2/c10-8-4-3-7(6-1-2-6)5-9(8)11(12)13/h3-5H,1-2H2. The van der Waals surface area contributed by atoms with Crippen LogP contribution in [0.2, 0.25) is 5.02 Å². The minimum Gasteiger partial charge on any atom is -0.258 e. The summed E-state index contributed by atoms with van der Waals surface area (Å²) in [7, 11) is 0. The van der Waals surface area contributed by atoms with Gasteiger partial charge in [0.1, 0.15) is 5.02 Å². The molecule has 1 fully saturated rings. The number of nitro groups is 1. The Morgan fingerprint density at radius 1 is 1.38 bits per heavy atom. The minimum absolute atomic E-state index is 0.00133. The summed E-state index contributed by atoms with van der Waals surface area (Å²) in [5, 5.41) is 10.7. The molecule has 1 aromatic carbocycles. The van der Waals surface area contributed by atoms with Crippen molar-refractivity contribution in [2.45, 2.75) is 12.8 Å². The largest absolute Gasteiger partial charge is 0.288 e. The molecule has 0 unspecified atom stereocenters. The summed E-state index contributed by atoms with van der Waals surface area (Å²) in [6.45, 7) is 0. The van der Waals surface area contributed by atoms with Crippen molar-refractivity contribution >= 4 is 17.3 Å². The van der Waals surface area contributed by atoms with Crippen molar-refractivity contribution < 1.29 is 4.92 Å². The second kappa shape index (κ2) is 3.00. The number of hydrogen-bond donors (Lipinski definition) is 0. The zero-order valence-corrected chi connectivity index (χ0v) is 7.54. The molecule has 0 spiro atoms. The van der Waals surface area contributed by atoms with Crippen LogP contribution >= 0.6 is 11.6 Å². The summed E-state index contributed by atoms with van der Waals surface area (Å²) in [5.41, 5.74) is 0.953. The van der Waals surface area contributed by atoms with Gasteiger partial charge in [-0.15, -0.1) is 0 Å². The molecule has 1 radical (unpaired) electrons. The Hall–Kier alpha value is -1.09. The van der Waals surface area contributed by atoms with Gasteiger partial charge in [0.05, 0.1) is 4.92 Å². The van der Waals surface area contributed by atoms with Crippen molar-refractivity contribution in [2.24, 2.45) is 0 Å². The van der Waals surface area contributed by atoms with E-state index in [9.17, 15) is 10.1 Å². The molecular formula is C9H7ClNO2. The Morgan fingerprint density at radius 3 is 2.62 bits per heavy atom. The van der Waals surface area contributed by atoms with E-state index in [0.29, 0.717) is 0 Å². The molecule has 4 heteroatoms. The second-order valence-corrected chi connectivity index (χ2v) is 3.43. The van der Waals surface area contributed by atoms with Gasteiger partial charge < -0.3 is 0 Å². The quantitative estimate of drug-likeness (QED) is 0.539. The van der Waals surface area contributed by atoms with Gasteiger partial charge in [0.15, 0.2) is 0 Å². The van der Waals surface area contributed by atoms with E-state index in [4.69, 9.17) is 11.6 Å². The summed E-state index contributed by atoms with van der Waals surface area (Å²) in [4.78, 5) is 10.1. The summed E-state index contributed by atoms with van der Waals surface area (Å²) in [6, 6.07) is 4.96. The maximum absolute atomic E-state index is 10.5. The van der Waals surface area contributed by atoms with Gasteiger partial charge in [-0.3, -0.25) is 10.1 Å². The van der Waals surface area contributed by atoms with Crippen LogP contribution in [0.5, 0.6) is 0 Å². The highest BCUT2D eigenvalue weighted by Crippen LogP contribution is 2.41. The molecule has 0 saturated heterocycles. The Balaban J connectivity index is 2.41. The summed E-state index contributed by atoms with van der Waals surface area (Å²) in [6.07, 6.45) is 2.11. The van der Waals surface area contributed by atoms with Gasteiger partial charge in [-0.2, -0.15) is 0 Å². The van der Waals surface area contributed by atoms with Crippen LogP contribution in [0.15, 0.2) is 18.2 Å². The van der Waals surface area contributed by atoms with Crippen LogP contribution in [0, 0.1) is 16.0 Å². The third kappa shape index (κ3) is 1.65. The molecule has 1 aliphatic carbocycles. The minimum atomic E-state index is -0.450. The fourth-order valence-electron chi connectivity index (χ4n) is 1.22. The van der Waals surface area contributed by atoms with Crippen molar-refractivity contribution in [3.8, 4) is 0 Å². The van der Waals surface area contributed by atoms with Crippen LogP contribution in [-0.4, -0.2) is 4.92 Å². The van der Waals surface area contributed by atoms with E-state index >= 15 is 0 Å². The number of hydrogen-bond acceptors (Lipinski definition) is 2. The molecule has 0 bridgehead atoms. The lowest BCUT2D eigenvalue weighted by atomic mass is 10.1. The molecular weight excluding hydrogens is 190 g/mol. The van der Waals surface area contributed by atoms with Gasteiger partial charge in [0.2, 0.25) is 0 Å². The first-order valence-electron chi connectivity index (χ1n) is 3.97. The highest BCUT2D eigenvalue weighted by molar-refractivity contribution is 6.32. The first-order chi connectivity index (χ1) is 6.18. The van der Waals surface area contributed by atoms with E-state index in [1.807, 2.05) is 6.07 Å². The zero-order valence-electron chi connectivity index (χ0n) is 6.79. The number of nitrogens with zero attached hydrogens (tertiary/aromatic N) is 1. The zero-order chi connectivity index (χ0) is 9.42. The number of nitro benzene ring substituents is 1. The van der Waals surface area contributed by atoms with E-state index in [0.717, 1.165) is 18.4 Å². The molecule has 0 atom stereocenters. The molecule has 0 amide bonds. The topological polar surface area (TPSA) is 43.1 Å². The predicted molar refractivity (Wildman–Crippen MR) is 49.7 cm³/mol. The van der Waals surface area contributed by atoms with Crippen molar-refractivity contribution in [3.05, 3.63) is 44.8 Å². The van der Waals surface area contributed by atoms with E-state index in [1.54, 1.807) is 12.1 Å². The smallest absolute Gasteiger partial charge is 0.258 e. The van der Waals surface area contributed by atoms with Crippen molar-refractivity contribution in [1.82, 2.24) is 0 Å². The SMILES string of the molecule is O=[N+]([O-])c1cc([C]2CC2)ccc1Cl. The average Bonchev–Trinajstić information content (AvgIpc) is 2.87. The van der Waals surface area contributed by atoms with Gasteiger partial charge in [0, 0.05) is 12.0 Å². The average molecular weight is 197 g/mol. The Bertz CT molecular complexity index is 361. The summed E-state index contributed by atoms with van der Waals surface area (Å²) < 4.78 is 0. The second-order valence-electron chi connectivity index (χ2n) is 3.03. The van der Waals surface area contributed by atoms with Crippen molar-refractivity contribution in [1.29, 1.82) is 0 Å². The Kier molecular flexibility index (Phi) is 1.96. The molecule has 67 valence electrons. The molecule has 2 rings (SSSR count). The molecule has 0 aromatic heterocycles. The van der Waals surface area contributed by atoms with Crippen molar-refractivity contribution in [3.63, 3.8) is 0 Å².